The molecule has 0 spiro atoms. The summed E-state index contributed by atoms with van der Waals surface area (Å²) in [6.07, 6.45) is -4.15. The molecule has 0 aliphatic carbocycles. The minimum absolute atomic E-state index is 0.329. The summed E-state index contributed by atoms with van der Waals surface area (Å²) in [4.78, 5) is 4.16. The van der Waals surface area contributed by atoms with Crippen molar-refractivity contribution >= 4 is 28.6 Å². The second-order valence-corrected chi connectivity index (χ2v) is 5.57. The predicted octanol–water partition coefficient (Wildman–Crippen LogP) is 2.15. The normalized spacial score (nSPS) is 14.4. The average molecular weight is 314 g/mol. The molecule has 0 amide bonds. The van der Waals surface area contributed by atoms with E-state index in [1.165, 1.54) is 3.12 Å². The van der Waals surface area contributed by atoms with Crippen LogP contribution in [0, 0.1) is 0 Å². The Bertz CT molecular complexity index is 218. The number of rotatable bonds is 1. The van der Waals surface area contributed by atoms with Gasteiger partial charge in [0, 0.05) is 0 Å². The van der Waals surface area contributed by atoms with Gasteiger partial charge in [0.1, 0.15) is 0 Å². The van der Waals surface area contributed by atoms with Gasteiger partial charge >= 0.3 is 95.9 Å². The van der Waals surface area contributed by atoms with Crippen molar-refractivity contribution in [1.82, 2.24) is 3.12 Å². The first-order chi connectivity index (χ1) is 6.01. The van der Waals surface area contributed by atoms with Crippen molar-refractivity contribution in [1.29, 1.82) is 0 Å². The second-order valence-electron chi connectivity index (χ2n) is 4.03. The van der Waals surface area contributed by atoms with Crippen molar-refractivity contribution in [2.45, 2.75) is 39.4 Å². The molecule has 81 valence electrons. The van der Waals surface area contributed by atoms with E-state index < -0.39 is 12.7 Å². The van der Waals surface area contributed by atoms with Gasteiger partial charge in [-0.25, -0.2) is 0 Å². The van der Waals surface area contributed by atoms with E-state index in [1.54, 1.807) is 6.92 Å². The maximum atomic E-state index is 12.0. The standard InChI is InChI=1S/C8H14F3N2.Sn/c1-6(13-7(2,3)4)12-5-8(9,10)11;/h5H2,1-4H3;/q-1;+1. The Morgan fingerprint density at radius 1 is 1.29 bits per heavy atom. The molecule has 3 radical (unpaired) electrons. The predicted molar refractivity (Wildman–Crippen MR) is 51.4 cm³/mol. The van der Waals surface area contributed by atoms with E-state index in [0.717, 1.165) is 0 Å². The van der Waals surface area contributed by atoms with Gasteiger partial charge < -0.3 is 0 Å². The van der Waals surface area contributed by atoms with E-state index in [2.05, 4.69) is 4.99 Å². The van der Waals surface area contributed by atoms with Gasteiger partial charge in [0.2, 0.25) is 0 Å². The molecule has 0 aromatic heterocycles. The van der Waals surface area contributed by atoms with Gasteiger partial charge in [-0.05, 0) is 0 Å². The molecule has 2 nitrogen and oxygen atoms in total. The summed E-state index contributed by atoms with van der Waals surface area (Å²) in [5.74, 6) is 0.438. The molecule has 0 atom stereocenters. The number of amidine groups is 1. The first-order valence-electron chi connectivity index (χ1n) is 4.13. The Morgan fingerprint density at radius 3 is 2.00 bits per heavy atom. The van der Waals surface area contributed by atoms with Crippen LogP contribution in [0.5, 0.6) is 0 Å². The molecule has 0 saturated carbocycles. The molecule has 0 fully saturated rings. The molecule has 0 aromatic rings. The summed E-state index contributed by atoms with van der Waals surface area (Å²) < 4.78 is 37.2. The minimum atomic E-state index is -4.15. The summed E-state index contributed by atoms with van der Waals surface area (Å²) in [5.41, 5.74) is -0.329. The van der Waals surface area contributed by atoms with E-state index in [4.69, 9.17) is 0 Å². The van der Waals surface area contributed by atoms with Crippen LogP contribution in [0.2, 0.25) is 0 Å². The number of aliphatic imine (C=N–C) groups is 1. The monoisotopic (exact) mass is 315 g/mol. The zero-order valence-electron chi connectivity index (χ0n) is 8.74. The molecule has 0 aromatic carbocycles. The van der Waals surface area contributed by atoms with Crippen molar-refractivity contribution in [3.8, 4) is 0 Å². The van der Waals surface area contributed by atoms with Crippen LogP contribution in [-0.4, -0.2) is 50.0 Å². The van der Waals surface area contributed by atoms with Crippen molar-refractivity contribution in [3.05, 3.63) is 0 Å². The molecule has 0 bridgehead atoms. The van der Waals surface area contributed by atoms with Gasteiger partial charge in [0.05, 0.1) is 0 Å². The van der Waals surface area contributed by atoms with Crippen LogP contribution in [0.15, 0.2) is 4.99 Å². The molecule has 0 unspecified atom stereocenters. The first kappa shape index (κ1) is 14.1. The van der Waals surface area contributed by atoms with Crippen LogP contribution in [0.3, 0.4) is 0 Å². The van der Waals surface area contributed by atoms with E-state index in [9.17, 15) is 13.2 Å². The molecule has 0 heterocycles. The molecule has 0 saturated heterocycles. The summed E-state index contributed by atoms with van der Waals surface area (Å²) in [6, 6.07) is 0. The second kappa shape index (κ2) is 4.72. The summed E-state index contributed by atoms with van der Waals surface area (Å²) in [6.45, 7) is 6.25. The Hall–Kier alpha value is 0.0587. The molecule has 6 heteroatoms. The van der Waals surface area contributed by atoms with Crippen molar-refractivity contribution in [3.63, 3.8) is 0 Å². The molecular weight excluding hydrogens is 300 g/mol. The zero-order valence-corrected chi connectivity index (χ0v) is 11.6. The van der Waals surface area contributed by atoms with Crippen LogP contribution in [0.4, 0.5) is 13.2 Å². The van der Waals surface area contributed by atoms with Crippen LogP contribution in [0.1, 0.15) is 27.7 Å². The Balaban J connectivity index is 4.41. The van der Waals surface area contributed by atoms with Gasteiger partial charge in [-0.15, -0.1) is 0 Å². The van der Waals surface area contributed by atoms with E-state index in [1.807, 2.05) is 20.8 Å². The van der Waals surface area contributed by atoms with Crippen molar-refractivity contribution < 1.29 is 13.2 Å². The van der Waals surface area contributed by atoms with Gasteiger partial charge in [-0.1, -0.05) is 0 Å². The van der Waals surface area contributed by atoms with Crippen LogP contribution < -0.4 is 0 Å². The van der Waals surface area contributed by atoms with Gasteiger partial charge in [0.15, 0.2) is 0 Å². The quantitative estimate of drug-likeness (QED) is 0.411. The summed E-state index contributed by atoms with van der Waals surface area (Å²) in [5, 5.41) is 0. The fraction of sp³-hybridized carbons (Fsp3) is 0.875. The first-order valence-corrected chi connectivity index (χ1v) is 5.41. The Kier molecular flexibility index (Phi) is 4.74. The Labute approximate surface area is 96.0 Å². The third-order valence-corrected chi connectivity index (χ3v) is 2.60. The van der Waals surface area contributed by atoms with Crippen molar-refractivity contribution in [2.75, 3.05) is 6.54 Å². The molecular formula is C8H14F3N2Sn. The topological polar surface area (TPSA) is 15.6 Å². The van der Waals surface area contributed by atoms with Gasteiger partial charge in [0.25, 0.3) is 0 Å². The average Bonchev–Trinajstić information content (AvgIpc) is 1.78. The molecule has 0 aliphatic rings. The molecule has 14 heavy (non-hydrogen) atoms. The third-order valence-electron chi connectivity index (χ3n) is 1.23. The number of hydrogen-bond donors (Lipinski definition) is 0. The van der Waals surface area contributed by atoms with Crippen LogP contribution >= 0.6 is 0 Å². The zero-order chi connectivity index (χ0) is 11.6. The van der Waals surface area contributed by atoms with E-state index in [0.29, 0.717) is 28.6 Å². The number of halogens is 3. The number of nitrogens with zero attached hydrogens (tertiary/aromatic N) is 2. The molecule has 0 rings (SSSR count). The summed E-state index contributed by atoms with van der Waals surface area (Å²) >= 11 is 0.702. The fourth-order valence-electron chi connectivity index (χ4n) is 0.839. The Morgan fingerprint density at radius 2 is 1.71 bits per heavy atom. The van der Waals surface area contributed by atoms with Crippen molar-refractivity contribution in [2.24, 2.45) is 4.99 Å². The number of hydrogen-bond acceptors (Lipinski definition) is 1. The fourth-order valence-corrected chi connectivity index (χ4v) is 1.49. The van der Waals surface area contributed by atoms with Gasteiger partial charge in [-0.3, -0.25) is 0 Å². The third kappa shape index (κ3) is 7.46. The van der Waals surface area contributed by atoms with Crippen LogP contribution in [0.25, 0.3) is 0 Å². The molecule has 0 aliphatic heterocycles. The molecule has 0 N–H and O–H groups in total. The maximum absolute atomic E-state index is 12.0. The number of alkyl halides is 3. The van der Waals surface area contributed by atoms with E-state index >= 15 is 0 Å². The van der Waals surface area contributed by atoms with Crippen LogP contribution in [-0.2, 0) is 0 Å². The van der Waals surface area contributed by atoms with E-state index in [-0.39, 0.29) is 5.54 Å². The summed E-state index contributed by atoms with van der Waals surface area (Å²) in [7, 11) is 0. The SMILES string of the molecule is CC(=NC(C)(C)C)[N]([Sn])CC(F)(F)F. The van der Waals surface area contributed by atoms with Gasteiger partial charge in [-0.2, -0.15) is 0 Å².